The van der Waals surface area contributed by atoms with Crippen molar-refractivity contribution in [1.82, 2.24) is 9.55 Å². The van der Waals surface area contributed by atoms with Gasteiger partial charge in [0.1, 0.15) is 17.5 Å². The van der Waals surface area contributed by atoms with Gasteiger partial charge in [-0.15, -0.1) is 0 Å². The summed E-state index contributed by atoms with van der Waals surface area (Å²) >= 11 is 0. The Hall–Kier alpha value is -3.33. The summed E-state index contributed by atoms with van der Waals surface area (Å²) in [4.78, 5) is 30.0. The predicted octanol–water partition coefficient (Wildman–Crippen LogP) is 4.77. The zero-order valence-electron chi connectivity index (χ0n) is 18.7. The standard InChI is InChI=1S/C25H25F2N3O4/c1-13(28-21-7-4-15(26)9-19(21)25(32)33)18-10-16(27)11-20-22(18)29-23(14-3-2-8-34-12-14)30(24(20)31)17-5-6-17/h4,7,9-11,13-14,17,28H,2-3,5-6,8,12H2,1H3,(H,32,33)/t13-,14-/m1/s1. The van der Waals surface area contributed by atoms with Crippen LogP contribution >= 0.6 is 0 Å². The van der Waals surface area contributed by atoms with Crippen LogP contribution in [-0.2, 0) is 4.74 Å². The van der Waals surface area contributed by atoms with Crippen LogP contribution in [0.1, 0.15) is 72.4 Å². The first kappa shape index (κ1) is 22.5. The molecule has 0 bridgehead atoms. The van der Waals surface area contributed by atoms with Gasteiger partial charge in [0.2, 0.25) is 0 Å². The normalized spacial score (nSPS) is 19.2. The molecular weight excluding hydrogens is 444 g/mol. The summed E-state index contributed by atoms with van der Waals surface area (Å²) in [6, 6.07) is 5.38. The molecule has 1 aliphatic heterocycles. The van der Waals surface area contributed by atoms with Crippen molar-refractivity contribution in [2.45, 2.75) is 50.6 Å². The Morgan fingerprint density at radius 2 is 2.00 bits per heavy atom. The van der Waals surface area contributed by atoms with Gasteiger partial charge in [-0.1, -0.05) is 0 Å². The first-order valence-electron chi connectivity index (χ1n) is 11.5. The van der Waals surface area contributed by atoms with Crippen molar-refractivity contribution in [1.29, 1.82) is 0 Å². The molecule has 0 spiro atoms. The Bertz CT molecular complexity index is 1330. The maximum Gasteiger partial charge on any atom is 0.337 e. The van der Waals surface area contributed by atoms with Gasteiger partial charge in [-0.2, -0.15) is 0 Å². The predicted molar refractivity (Wildman–Crippen MR) is 122 cm³/mol. The number of fused-ring (bicyclic) bond motifs is 1. The van der Waals surface area contributed by atoms with E-state index in [1.54, 1.807) is 11.5 Å². The lowest BCUT2D eigenvalue weighted by molar-refractivity contribution is 0.0697. The van der Waals surface area contributed by atoms with Crippen molar-refractivity contribution in [3.8, 4) is 0 Å². The maximum atomic E-state index is 14.7. The number of anilines is 1. The summed E-state index contributed by atoms with van der Waals surface area (Å²) in [5.74, 6) is -1.91. The molecule has 2 fully saturated rings. The quantitative estimate of drug-likeness (QED) is 0.540. The van der Waals surface area contributed by atoms with Gasteiger partial charge in [0.25, 0.3) is 5.56 Å². The van der Waals surface area contributed by atoms with Crippen molar-refractivity contribution in [2.75, 3.05) is 18.5 Å². The molecule has 0 unspecified atom stereocenters. The van der Waals surface area contributed by atoms with Gasteiger partial charge in [0, 0.05) is 29.8 Å². The van der Waals surface area contributed by atoms with Crippen LogP contribution in [0.3, 0.4) is 0 Å². The minimum absolute atomic E-state index is 0.0247. The van der Waals surface area contributed by atoms with Crippen molar-refractivity contribution < 1.29 is 23.4 Å². The highest BCUT2D eigenvalue weighted by molar-refractivity contribution is 5.94. The monoisotopic (exact) mass is 469 g/mol. The molecule has 2 aliphatic rings. The highest BCUT2D eigenvalue weighted by Crippen LogP contribution is 2.38. The topological polar surface area (TPSA) is 93.5 Å². The highest BCUT2D eigenvalue weighted by Gasteiger charge is 2.32. The van der Waals surface area contributed by atoms with Crippen LogP contribution in [-0.4, -0.2) is 33.8 Å². The fourth-order valence-corrected chi connectivity index (χ4v) is 4.69. The lowest BCUT2D eigenvalue weighted by atomic mass is 9.99. The molecule has 1 aliphatic carbocycles. The Kier molecular flexibility index (Phi) is 5.81. The van der Waals surface area contributed by atoms with Gasteiger partial charge in [-0.05, 0) is 62.9 Å². The molecule has 2 atom stereocenters. The molecule has 2 aromatic carbocycles. The Labute approximate surface area is 194 Å². The summed E-state index contributed by atoms with van der Waals surface area (Å²) < 4.78 is 35.6. The van der Waals surface area contributed by atoms with Gasteiger partial charge in [0.05, 0.1) is 29.1 Å². The fraction of sp³-hybridized carbons (Fsp3) is 0.400. The minimum Gasteiger partial charge on any atom is -0.478 e. The average Bonchev–Trinajstić information content (AvgIpc) is 3.65. The maximum absolute atomic E-state index is 14.7. The number of carbonyl (C=O) groups is 1. The summed E-state index contributed by atoms with van der Waals surface area (Å²) in [5, 5.41) is 12.7. The fourth-order valence-electron chi connectivity index (χ4n) is 4.69. The highest BCUT2D eigenvalue weighted by atomic mass is 19.1. The Morgan fingerprint density at radius 3 is 2.68 bits per heavy atom. The van der Waals surface area contributed by atoms with E-state index >= 15 is 0 Å². The molecule has 1 aromatic heterocycles. The second kappa shape index (κ2) is 8.79. The first-order valence-corrected chi connectivity index (χ1v) is 11.5. The number of hydrogen-bond acceptors (Lipinski definition) is 5. The number of nitrogens with zero attached hydrogens (tertiary/aromatic N) is 2. The van der Waals surface area contributed by atoms with E-state index in [9.17, 15) is 23.5 Å². The third-order valence-corrected chi connectivity index (χ3v) is 6.51. The van der Waals surface area contributed by atoms with E-state index in [1.165, 1.54) is 18.2 Å². The number of aromatic carboxylic acids is 1. The lowest BCUT2D eigenvalue weighted by Gasteiger charge is -2.26. The number of rotatable bonds is 6. The first-order chi connectivity index (χ1) is 16.3. The molecule has 2 heterocycles. The summed E-state index contributed by atoms with van der Waals surface area (Å²) in [7, 11) is 0. The number of aromatic nitrogens is 2. The van der Waals surface area contributed by atoms with Crippen molar-refractivity contribution in [3.05, 3.63) is 69.3 Å². The summed E-state index contributed by atoms with van der Waals surface area (Å²) in [6.45, 7) is 2.88. The van der Waals surface area contributed by atoms with Crippen LogP contribution in [0.25, 0.3) is 10.9 Å². The van der Waals surface area contributed by atoms with E-state index in [2.05, 4.69) is 5.32 Å². The molecule has 1 saturated carbocycles. The van der Waals surface area contributed by atoms with E-state index in [4.69, 9.17) is 9.72 Å². The molecule has 0 amide bonds. The second-order valence-electron chi connectivity index (χ2n) is 9.04. The van der Waals surface area contributed by atoms with E-state index in [0.717, 1.165) is 37.8 Å². The SMILES string of the molecule is C[C@@H](Nc1ccc(F)cc1C(=O)O)c1cc(F)cc2c(=O)n(C3CC3)c([C@@H]3CCCOC3)nc12. The smallest absolute Gasteiger partial charge is 0.337 e. The van der Waals surface area contributed by atoms with Crippen molar-refractivity contribution >= 4 is 22.6 Å². The van der Waals surface area contributed by atoms with Crippen LogP contribution < -0.4 is 10.9 Å². The van der Waals surface area contributed by atoms with Crippen LogP contribution in [0.2, 0.25) is 0 Å². The zero-order valence-corrected chi connectivity index (χ0v) is 18.7. The molecule has 7 nitrogen and oxygen atoms in total. The molecule has 1 saturated heterocycles. The molecule has 3 aromatic rings. The summed E-state index contributed by atoms with van der Waals surface area (Å²) in [5.41, 5.74) is 0.480. The number of nitrogens with one attached hydrogen (secondary N) is 1. The largest absolute Gasteiger partial charge is 0.478 e. The van der Waals surface area contributed by atoms with Crippen LogP contribution in [0.4, 0.5) is 14.5 Å². The van der Waals surface area contributed by atoms with Crippen LogP contribution in [0.5, 0.6) is 0 Å². The average molecular weight is 469 g/mol. The molecule has 5 rings (SSSR count). The number of halogens is 2. The van der Waals surface area contributed by atoms with Gasteiger partial charge in [0.15, 0.2) is 0 Å². The zero-order chi connectivity index (χ0) is 24.0. The number of carboxylic acids is 1. The van der Waals surface area contributed by atoms with Crippen molar-refractivity contribution in [3.63, 3.8) is 0 Å². The van der Waals surface area contributed by atoms with Gasteiger partial charge < -0.3 is 15.2 Å². The molecule has 34 heavy (non-hydrogen) atoms. The van der Waals surface area contributed by atoms with Crippen LogP contribution in [0, 0.1) is 11.6 Å². The number of ether oxygens (including phenoxy) is 1. The number of carboxylic acid groups (broad SMARTS) is 1. The van der Waals surface area contributed by atoms with Crippen LogP contribution in [0.15, 0.2) is 35.1 Å². The third-order valence-electron chi connectivity index (χ3n) is 6.51. The number of hydrogen-bond donors (Lipinski definition) is 2. The molecule has 9 heteroatoms. The lowest BCUT2D eigenvalue weighted by Crippen LogP contribution is -2.30. The Balaban J connectivity index is 1.63. The van der Waals surface area contributed by atoms with Gasteiger partial charge in [-0.3, -0.25) is 9.36 Å². The second-order valence-corrected chi connectivity index (χ2v) is 9.04. The van der Waals surface area contributed by atoms with E-state index in [1.807, 2.05) is 0 Å². The molecule has 178 valence electrons. The van der Waals surface area contributed by atoms with Gasteiger partial charge in [-0.25, -0.2) is 18.6 Å². The minimum atomic E-state index is -1.29. The van der Waals surface area contributed by atoms with E-state index in [0.29, 0.717) is 30.1 Å². The van der Waals surface area contributed by atoms with Crippen molar-refractivity contribution in [2.24, 2.45) is 0 Å². The number of benzene rings is 2. The summed E-state index contributed by atoms with van der Waals surface area (Å²) in [6.07, 6.45) is 3.50. The van der Waals surface area contributed by atoms with Gasteiger partial charge >= 0.3 is 5.97 Å². The van der Waals surface area contributed by atoms with E-state index < -0.39 is 23.6 Å². The molecule has 0 radical (unpaired) electrons. The molecular formula is C25H25F2N3O4. The van der Waals surface area contributed by atoms with E-state index in [-0.39, 0.29) is 34.2 Å². The molecule has 2 N–H and O–H groups in total. The third kappa shape index (κ3) is 4.16. The Morgan fingerprint density at radius 1 is 1.21 bits per heavy atom.